The van der Waals surface area contributed by atoms with E-state index >= 15 is 0 Å². The lowest BCUT2D eigenvalue weighted by Gasteiger charge is -2.05. The summed E-state index contributed by atoms with van der Waals surface area (Å²) in [5.74, 6) is -1.000. The highest BCUT2D eigenvalue weighted by Gasteiger charge is 2.09. The van der Waals surface area contributed by atoms with Crippen LogP contribution in [0.3, 0.4) is 0 Å². The molecule has 0 heterocycles. The van der Waals surface area contributed by atoms with Crippen LogP contribution in [0.4, 0.5) is 8.78 Å². The van der Waals surface area contributed by atoms with Gasteiger partial charge in [-0.2, -0.15) is 0 Å². The highest BCUT2D eigenvalue weighted by molar-refractivity contribution is 5.64. The van der Waals surface area contributed by atoms with Gasteiger partial charge in [-0.3, -0.25) is 0 Å². The molecular weight excluding hydrogens is 220 g/mol. The van der Waals surface area contributed by atoms with Gasteiger partial charge in [-0.05, 0) is 50.6 Å². The zero-order valence-corrected chi connectivity index (χ0v) is 10.4. The van der Waals surface area contributed by atoms with Gasteiger partial charge in [-0.25, -0.2) is 8.78 Å². The Labute approximate surface area is 102 Å². The zero-order valence-electron chi connectivity index (χ0n) is 10.4. The molecule has 3 heteroatoms. The number of nitrogens with one attached hydrogen (secondary N) is 1. The van der Waals surface area contributed by atoms with Crippen molar-refractivity contribution in [2.24, 2.45) is 0 Å². The van der Waals surface area contributed by atoms with Gasteiger partial charge in [0.25, 0.3) is 0 Å². The molecule has 1 N–H and O–H groups in total. The largest absolute Gasteiger partial charge is 0.316 e. The molecule has 0 bridgehead atoms. The minimum absolute atomic E-state index is 0.0861. The van der Waals surface area contributed by atoms with E-state index in [0.29, 0.717) is 5.57 Å². The van der Waals surface area contributed by atoms with E-state index in [2.05, 4.69) is 12.2 Å². The van der Waals surface area contributed by atoms with Crippen molar-refractivity contribution in [2.45, 2.75) is 26.7 Å². The average Bonchev–Trinajstić information content (AvgIpc) is 2.28. The summed E-state index contributed by atoms with van der Waals surface area (Å²) in [6, 6.07) is 3.94. The molecule has 1 rings (SSSR count). The van der Waals surface area contributed by atoms with E-state index in [1.165, 1.54) is 18.2 Å². The summed E-state index contributed by atoms with van der Waals surface area (Å²) in [4.78, 5) is 0. The highest BCUT2D eigenvalue weighted by Crippen LogP contribution is 2.21. The molecule has 0 amide bonds. The molecule has 1 aromatic rings. The lowest BCUT2D eigenvalue weighted by atomic mass is 10.1. The van der Waals surface area contributed by atoms with Gasteiger partial charge in [0.05, 0.1) is 0 Å². The third-order valence-electron chi connectivity index (χ3n) is 2.56. The van der Waals surface area contributed by atoms with Crippen molar-refractivity contribution >= 4 is 5.57 Å². The number of allylic oxidation sites excluding steroid dienone is 1. The first-order valence-electron chi connectivity index (χ1n) is 5.98. The number of hydrogen-bond acceptors (Lipinski definition) is 1. The SMILES string of the molecule is CCCNCCC=C(C)c1c(F)cccc1F. The second kappa shape index (κ2) is 7.17. The Morgan fingerprint density at radius 1 is 1.24 bits per heavy atom. The quantitative estimate of drug-likeness (QED) is 0.745. The van der Waals surface area contributed by atoms with Crippen LogP contribution in [0.2, 0.25) is 0 Å². The summed E-state index contributed by atoms with van der Waals surface area (Å²) in [5, 5.41) is 3.24. The van der Waals surface area contributed by atoms with E-state index in [1.807, 2.05) is 6.08 Å². The van der Waals surface area contributed by atoms with Gasteiger partial charge >= 0.3 is 0 Å². The maximum Gasteiger partial charge on any atom is 0.133 e. The average molecular weight is 239 g/mol. The van der Waals surface area contributed by atoms with Gasteiger partial charge < -0.3 is 5.32 Å². The molecule has 0 aliphatic rings. The summed E-state index contributed by atoms with van der Waals surface area (Å²) in [5.41, 5.74) is 0.738. The van der Waals surface area contributed by atoms with Crippen LogP contribution in [0, 0.1) is 11.6 Å². The molecule has 0 aliphatic carbocycles. The molecule has 0 aliphatic heterocycles. The number of benzene rings is 1. The smallest absolute Gasteiger partial charge is 0.133 e. The molecule has 94 valence electrons. The van der Waals surface area contributed by atoms with Crippen molar-refractivity contribution in [3.05, 3.63) is 41.5 Å². The van der Waals surface area contributed by atoms with E-state index in [-0.39, 0.29) is 5.56 Å². The Balaban J connectivity index is 2.62. The number of rotatable bonds is 6. The first-order valence-corrected chi connectivity index (χ1v) is 5.98. The first kappa shape index (κ1) is 13.8. The lowest BCUT2D eigenvalue weighted by molar-refractivity contribution is 0.576. The molecule has 0 radical (unpaired) electrons. The number of hydrogen-bond donors (Lipinski definition) is 1. The topological polar surface area (TPSA) is 12.0 Å². The fraction of sp³-hybridized carbons (Fsp3) is 0.429. The van der Waals surface area contributed by atoms with Crippen LogP contribution in [0.15, 0.2) is 24.3 Å². The molecule has 0 fully saturated rings. The molecule has 17 heavy (non-hydrogen) atoms. The summed E-state index contributed by atoms with van der Waals surface area (Å²) in [6.45, 7) is 5.65. The van der Waals surface area contributed by atoms with E-state index < -0.39 is 11.6 Å². The minimum atomic E-state index is -0.500. The molecule has 1 nitrogen and oxygen atoms in total. The highest BCUT2D eigenvalue weighted by atomic mass is 19.1. The van der Waals surface area contributed by atoms with Gasteiger partial charge in [0.2, 0.25) is 0 Å². The minimum Gasteiger partial charge on any atom is -0.316 e. The van der Waals surface area contributed by atoms with Crippen LogP contribution in [-0.4, -0.2) is 13.1 Å². The summed E-state index contributed by atoms with van der Waals surface area (Å²) in [6.07, 6.45) is 3.73. The van der Waals surface area contributed by atoms with Crippen LogP contribution in [0.25, 0.3) is 5.57 Å². The van der Waals surface area contributed by atoms with E-state index in [4.69, 9.17) is 0 Å². The Hall–Kier alpha value is -1.22. The van der Waals surface area contributed by atoms with Crippen LogP contribution < -0.4 is 5.32 Å². The monoisotopic (exact) mass is 239 g/mol. The summed E-state index contributed by atoms with van der Waals surface area (Å²) >= 11 is 0. The van der Waals surface area contributed by atoms with Crippen molar-refractivity contribution in [1.82, 2.24) is 5.32 Å². The van der Waals surface area contributed by atoms with E-state index in [9.17, 15) is 8.78 Å². The van der Waals surface area contributed by atoms with Crippen molar-refractivity contribution in [1.29, 1.82) is 0 Å². The maximum atomic E-state index is 13.4. The Bertz CT molecular complexity index is 366. The first-order chi connectivity index (χ1) is 8.16. The Morgan fingerprint density at radius 2 is 1.88 bits per heavy atom. The lowest BCUT2D eigenvalue weighted by Crippen LogP contribution is -2.15. The van der Waals surface area contributed by atoms with Gasteiger partial charge in [0.15, 0.2) is 0 Å². The second-order valence-corrected chi connectivity index (χ2v) is 4.02. The fourth-order valence-electron chi connectivity index (χ4n) is 1.67. The van der Waals surface area contributed by atoms with Crippen molar-refractivity contribution in [2.75, 3.05) is 13.1 Å². The molecule has 0 saturated carbocycles. The van der Waals surface area contributed by atoms with Crippen molar-refractivity contribution in [3.63, 3.8) is 0 Å². The predicted octanol–water partition coefficient (Wildman–Crippen LogP) is 3.76. The van der Waals surface area contributed by atoms with Crippen LogP contribution in [-0.2, 0) is 0 Å². The normalized spacial score (nSPS) is 11.9. The van der Waals surface area contributed by atoms with Gasteiger partial charge in [-0.1, -0.05) is 19.1 Å². The molecule has 0 atom stereocenters. The maximum absolute atomic E-state index is 13.4. The van der Waals surface area contributed by atoms with Gasteiger partial charge in [0, 0.05) is 5.56 Å². The van der Waals surface area contributed by atoms with Crippen LogP contribution in [0.1, 0.15) is 32.3 Å². The molecular formula is C14H19F2N. The standard InChI is InChI=1S/C14H19F2N/c1-3-9-17-10-5-6-11(2)14-12(15)7-4-8-13(14)16/h4,6-8,17H,3,5,9-10H2,1-2H3. The third-order valence-corrected chi connectivity index (χ3v) is 2.56. The third kappa shape index (κ3) is 4.27. The Kier molecular flexibility index (Phi) is 5.84. The molecule has 0 spiro atoms. The molecule has 0 unspecified atom stereocenters. The van der Waals surface area contributed by atoms with Crippen LogP contribution >= 0.6 is 0 Å². The van der Waals surface area contributed by atoms with Gasteiger partial charge in [0.1, 0.15) is 11.6 Å². The summed E-state index contributed by atoms with van der Waals surface area (Å²) < 4.78 is 26.9. The molecule has 1 aromatic carbocycles. The van der Waals surface area contributed by atoms with Crippen molar-refractivity contribution < 1.29 is 8.78 Å². The zero-order chi connectivity index (χ0) is 12.7. The fourth-order valence-corrected chi connectivity index (χ4v) is 1.67. The Morgan fingerprint density at radius 3 is 2.47 bits per heavy atom. The summed E-state index contributed by atoms with van der Waals surface area (Å²) in [7, 11) is 0. The second-order valence-electron chi connectivity index (χ2n) is 4.02. The van der Waals surface area contributed by atoms with E-state index in [1.54, 1.807) is 6.92 Å². The number of halogens is 2. The predicted molar refractivity (Wildman–Crippen MR) is 67.8 cm³/mol. The molecule has 0 saturated heterocycles. The van der Waals surface area contributed by atoms with Crippen molar-refractivity contribution in [3.8, 4) is 0 Å². The van der Waals surface area contributed by atoms with E-state index in [0.717, 1.165) is 25.9 Å². The van der Waals surface area contributed by atoms with Gasteiger partial charge in [-0.15, -0.1) is 0 Å². The molecule has 0 aromatic heterocycles. The van der Waals surface area contributed by atoms with Crippen LogP contribution in [0.5, 0.6) is 0 Å².